The number of rotatable bonds is 6. The van der Waals surface area contributed by atoms with Crippen molar-refractivity contribution < 1.29 is 18.3 Å². The van der Waals surface area contributed by atoms with Crippen molar-refractivity contribution in [3.8, 4) is 5.75 Å². The SMILES string of the molecule is COc1cccc(NC(=O)CSCc2cccc(F)c2F)c1. The third kappa shape index (κ3) is 4.46. The standard InChI is InChI=1S/C16H15F2NO2S/c1-21-13-6-3-5-12(8-13)19-15(20)10-22-9-11-4-2-7-14(17)16(11)18/h2-8H,9-10H2,1H3,(H,19,20). The highest BCUT2D eigenvalue weighted by Gasteiger charge is 2.09. The molecule has 3 nitrogen and oxygen atoms in total. The molecule has 0 bridgehead atoms. The number of nitrogens with one attached hydrogen (secondary N) is 1. The summed E-state index contributed by atoms with van der Waals surface area (Å²) in [6.07, 6.45) is 0. The Morgan fingerprint density at radius 2 is 2.00 bits per heavy atom. The van der Waals surface area contributed by atoms with Gasteiger partial charge in [-0.25, -0.2) is 8.78 Å². The highest BCUT2D eigenvalue weighted by atomic mass is 32.2. The molecule has 0 atom stereocenters. The van der Waals surface area contributed by atoms with Crippen LogP contribution in [0.1, 0.15) is 5.56 Å². The van der Waals surface area contributed by atoms with Crippen LogP contribution in [-0.4, -0.2) is 18.8 Å². The molecule has 2 aromatic carbocycles. The second-order valence-corrected chi connectivity index (χ2v) is 5.47. The number of anilines is 1. The van der Waals surface area contributed by atoms with Crippen molar-refractivity contribution >= 4 is 23.4 Å². The summed E-state index contributed by atoms with van der Waals surface area (Å²) >= 11 is 1.22. The number of amides is 1. The summed E-state index contributed by atoms with van der Waals surface area (Å²) in [5, 5.41) is 2.72. The molecule has 0 aliphatic carbocycles. The Morgan fingerprint density at radius 1 is 1.23 bits per heavy atom. The zero-order valence-corrected chi connectivity index (χ0v) is 12.8. The molecule has 0 spiro atoms. The monoisotopic (exact) mass is 323 g/mol. The minimum Gasteiger partial charge on any atom is -0.497 e. The van der Waals surface area contributed by atoms with E-state index in [1.807, 2.05) is 0 Å². The molecule has 2 aromatic rings. The molecule has 0 aliphatic heterocycles. The molecule has 0 heterocycles. The summed E-state index contributed by atoms with van der Waals surface area (Å²) in [5.74, 6) is -0.924. The van der Waals surface area contributed by atoms with Gasteiger partial charge in [0.1, 0.15) is 5.75 Å². The summed E-state index contributed by atoms with van der Waals surface area (Å²) in [6, 6.07) is 11.0. The van der Waals surface area contributed by atoms with Crippen molar-refractivity contribution in [2.75, 3.05) is 18.2 Å². The summed E-state index contributed by atoms with van der Waals surface area (Å²) in [5.41, 5.74) is 0.876. The summed E-state index contributed by atoms with van der Waals surface area (Å²) in [7, 11) is 1.55. The third-order valence-electron chi connectivity index (χ3n) is 2.88. The molecule has 0 unspecified atom stereocenters. The van der Waals surface area contributed by atoms with Crippen LogP contribution in [0.2, 0.25) is 0 Å². The maximum atomic E-state index is 13.5. The fraction of sp³-hybridized carbons (Fsp3) is 0.188. The first kappa shape index (κ1) is 16.3. The number of hydrogen-bond donors (Lipinski definition) is 1. The van der Waals surface area contributed by atoms with Crippen molar-refractivity contribution in [3.05, 3.63) is 59.7 Å². The molecule has 0 saturated carbocycles. The lowest BCUT2D eigenvalue weighted by molar-refractivity contribution is -0.113. The van der Waals surface area contributed by atoms with Crippen LogP contribution in [0.25, 0.3) is 0 Å². The molecule has 116 valence electrons. The van der Waals surface area contributed by atoms with Crippen LogP contribution >= 0.6 is 11.8 Å². The lowest BCUT2D eigenvalue weighted by Crippen LogP contribution is -2.14. The minimum atomic E-state index is -0.876. The van der Waals surface area contributed by atoms with Gasteiger partial charge in [-0.15, -0.1) is 11.8 Å². The fourth-order valence-corrected chi connectivity index (χ4v) is 2.61. The molecular formula is C16H15F2NO2S. The number of thioether (sulfide) groups is 1. The summed E-state index contributed by atoms with van der Waals surface area (Å²) < 4.78 is 31.6. The first-order valence-electron chi connectivity index (χ1n) is 6.54. The average Bonchev–Trinajstić information content (AvgIpc) is 2.51. The maximum absolute atomic E-state index is 13.5. The van der Waals surface area contributed by atoms with Gasteiger partial charge in [0.25, 0.3) is 0 Å². The molecule has 1 N–H and O–H groups in total. The van der Waals surface area contributed by atoms with E-state index in [-0.39, 0.29) is 23.0 Å². The van der Waals surface area contributed by atoms with Crippen LogP contribution < -0.4 is 10.1 Å². The van der Waals surface area contributed by atoms with Crippen LogP contribution in [0.4, 0.5) is 14.5 Å². The van der Waals surface area contributed by atoms with Gasteiger partial charge in [0.05, 0.1) is 12.9 Å². The molecule has 0 fully saturated rings. The fourth-order valence-electron chi connectivity index (χ4n) is 1.81. The van der Waals surface area contributed by atoms with Gasteiger partial charge in [0, 0.05) is 23.1 Å². The van der Waals surface area contributed by atoms with E-state index in [4.69, 9.17) is 4.74 Å². The zero-order chi connectivity index (χ0) is 15.9. The minimum absolute atomic E-state index is 0.146. The molecule has 6 heteroatoms. The molecule has 0 aliphatic rings. The van der Waals surface area contributed by atoms with E-state index in [1.54, 1.807) is 31.4 Å². The van der Waals surface area contributed by atoms with Gasteiger partial charge in [-0.3, -0.25) is 4.79 Å². The van der Waals surface area contributed by atoms with Gasteiger partial charge in [0.2, 0.25) is 5.91 Å². The number of methoxy groups -OCH3 is 1. The zero-order valence-electron chi connectivity index (χ0n) is 11.9. The lowest BCUT2D eigenvalue weighted by atomic mass is 10.2. The van der Waals surface area contributed by atoms with Crippen molar-refractivity contribution in [2.45, 2.75) is 5.75 Å². The van der Waals surface area contributed by atoms with Crippen LogP contribution in [0, 0.1) is 11.6 Å². The Hall–Kier alpha value is -2.08. The first-order valence-corrected chi connectivity index (χ1v) is 7.70. The van der Waals surface area contributed by atoms with Crippen molar-refractivity contribution in [2.24, 2.45) is 0 Å². The highest BCUT2D eigenvalue weighted by Crippen LogP contribution is 2.19. The number of carbonyl (C=O) groups excluding carboxylic acids is 1. The van der Waals surface area contributed by atoms with E-state index in [1.165, 1.54) is 23.9 Å². The van der Waals surface area contributed by atoms with Gasteiger partial charge in [0.15, 0.2) is 11.6 Å². The predicted octanol–water partition coefficient (Wildman–Crippen LogP) is 3.85. The Labute approximate surface area is 131 Å². The topological polar surface area (TPSA) is 38.3 Å². The molecule has 2 rings (SSSR count). The normalized spacial score (nSPS) is 10.3. The van der Waals surface area contributed by atoms with E-state index in [2.05, 4.69) is 5.32 Å². The first-order chi connectivity index (χ1) is 10.6. The van der Waals surface area contributed by atoms with E-state index in [0.29, 0.717) is 11.4 Å². The number of carbonyl (C=O) groups is 1. The van der Waals surface area contributed by atoms with Crippen LogP contribution in [-0.2, 0) is 10.5 Å². The van der Waals surface area contributed by atoms with Crippen LogP contribution in [0.15, 0.2) is 42.5 Å². The van der Waals surface area contributed by atoms with Gasteiger partial charge >= 0.3 is 0 Å². The number of ether oxygens (including phenoxy) is 1. The van der Waals surface area contributed by atoms with Gasteiger partial charge in [-0.05, 0) is 18.2 Å². The summed E-state index contributed by atoms with van der Waals surface area (Å²) in [4.78, 5) is 11.8. The maximum Gasteiger partial charge on any atom is 0.234 e. The van der Waals surface area contributed by atoms with Crippen LogP contribution in [0.3, 0.4) is 0 Å². The molecule has 22 heavy (non-hydrogen) atoms. The quantitative estimate of drug-likeness (QED) is 0.877. The Kier molecular flexibility index (Phi) is 5.77. The van der Waals surface area contributed by atoms with E-state index in [0.717, 1.165) is 6.07 Å². The van der Waals surface area contributed by atoms with E-state index < -0.39 is 11.6 Å². The largest absolute Gasteiger partial charge is 0.497 e. The smallest absolute Gasteiger partial charge is 0.234 e. The van der Waals surface area contributed by atoms with Crippen molar-refractivity contribution in [3.63, 3.8) is 0 Å². The van der Waals surface area contributed by atoms with Gasteiger partial charge < -0.3 is 10.1 Å². The predicted molar refractivity (Wildman–Crippen MR) is 84.1 cm³/mol. The molecular weight excluding hydrogens is 308 g/mol. The molecule has 0 saturated heterocycles. The van der Waals surface area contributed by atoms with Gasteiger partial charge in [-0.1, -0.05) is 18.2 Å². The summed E-state index contributed by atoms with van der Waals surface area (Å²) in [6.45, 7) is 0. The molecule has 0 aromatic heterocycles. The number of benzene rings is 2. The molecule has 1 amide bonds. The third-order valence-corrected chi connectivity index (χ3v) is 3.86. The van der Waals surface area contributed by atoms with Crippen molar-refractivity contribution in [1.29, 1.82) is 0 Å². The molecule has 0 radical (unpaired) electrons. The Morgan fingerprint density at radius 3 is 2.77 bits per heavy atom. The van der Waals surface area contributed by atoms with Gasteiger partial charge in [-0.2, -0.15) is 0 Å². The Bertz CT molecular complexity index is 664. The number of halogens is 2. The number of hydrogen-bond acceptors (Lipinski definition) is 3. The van der Waals surface area contributed by atoms with E-state index in [9.17, 15) is 13.6 Å². The second-order valence-electron chi connectivity index (χ2n) is 4.49. The van der Waals surface area contributed by atoms with Crippen LogP contribution in [0.5, 0.6) is 5.75 Å². The highest BCUT2D eigenvalue weighted by molar-refractivity contribution is 7.99. The van der Waals surface area contributed by atoms with E-state index >= 15 is 0 Å². The second kappa shape index (κ2) is 7.79. The lowest BCUT2D eigenvalue weighted by Gasteiger charge is -2.07. The Balaban J connectivity index is 1.84. The average molecular weight is 323 g/mol. The van der Waals surface area contributed by atoms with Crippen molar-refractivity contribution in [1.82, 2.24) is 0 Å².